The third-order valence-electron chi connectivity index (χ3n) is 2.59. The van der Waals surface area contributed by atoms with Gasteiger partial charge in [0.2, 0.25) is 0 Å². The summed E-state index contributed by atoms with van der Waals surface area (Å²) in [5, 5.41) is 6.91. The van der Waals surface area contributed by atoms with E-state index in [0.717, 1.165) is 19.5 Å². The molecule has 0 unspecified atom stereocenters. The van der Waals surface area contributed by atoms with E-state index >= 15 is 0 Å². The van der Waals surface area contributed by atoms with Crippen molar-refractivity contribution in [3.63, 3.8) is 0 Å². The van der Waals surface area contributed by atoms with Gasteiger partial charge < -0.3 is 10.6 Å². The lowest BCUT2D eigenvalue weighted by Crippen LogP contribution is -2.25. The van der Waals surface area contributed by atoms with E-state index in [1.807, 2.05) is 0 Å². The van der Waals surface area contributed by atoms with Crippen LogP contribution in [-0.2, 0) is 13.0 Å². The van der Waals surface area contributed by atoms with Crippen molar-refractivity contribution in [1.29, 1.82) is 0 Å². The van der Waals surface area contributed by atoms with Gasteiger partial charge in [-0.1, -0.05) is 12.1 Å². The molecule has 2 nitrogen and oxygen atoms in total. The molecule has 1 aliphatic heterocycles. The summed E-state index contributed by atoms with van der Waals surface area (Å²) in [5.74, 6) is 0. The molecule has 0 radical (unpaired) electrons. The van der Waals surface area contributed by atoms with Crippen LogP contribution in [-0.4, -0.2) is 12.6 Å². The zero-order valence-electron chi connectivity index (χ0n) is 8.93. The van der Waals surface area contributed by atoms with E-state index < -0.39 is 0 Å². The molecule has 0 aliphatic carbocycles. The van der Waals surface area contributed by atoms with Crippen LogP contribution in [0.2, 0.25) is 0 Å². The van der Waals surface area contributed by atoms with Gasteiger partial charge in [-0.2, -0.15) is 0 Å². The first-order valence-corrected chi connectivity index (χ1v) is 5.35. The quantitative estimate of drug-likeness (QED) is 0.746. The van der Waals surface area contributed by atoms with Gasteiger partial charge in [0.05, 0.1) is 0 Å². The van der Waals surface area contributed by atoms with Gasteiger partial charge in [0, 0.05) is 18.3 Å². The third kappa shape index (κ3) is 1.90. The maximum atomic E-state index is 3.49. The highest BCUT2D eigenvalue weighted by Crippen LogP contribution is 2.23. The molecule has 0 bridgehead atoms. The van der Waals surface area contributed by atoms with E-state index in [2.05, 4.69) is 42.7 Å². The van der Waals surface area contributed by atoms with Crippen LogP contribution in [0.1, 0.15) is 25.0 Å². The van der Waals surface area contributed by atoms with Gasteiger partial charge >= 0.3 is 0 Å². The van der Waals surface area contributed by atoms with E-state index in [4.69, 9.17) is 0 Å². The fourth-order valence-electron chi connectivity index (χ4n) is 1.96. The Morgan fingerprint density at radius 1 is 1.36 bits per heavy atom. The Morgan fingerprint density at radius 3 is 3.00 bits per heavy atom. The lowest BCUT2D eigenvalue weighted by Gasteiger charge is -2.22. The zero-order chi connectivity index (χ0) is 9.97. The molecular formula is C12H18N2. The average Bonchev–Trinajstić information content (AvgIpc) is 2.18. The van der Waals surface area contributed by atoms with E-state index in [0.29, 0.717) is 6.04 Å². The predicted octanol–water partition coefficient (Wildman–Crippen LogP) is 2.15. The smallest absolute Gasteiger partial charge is 0.0390 e. The van der Waals surface area contributed by atoms with Crippen LogP contribution in [0.25, 0.3) is 0 Å². The maximum Gasteiger partial charge on any atom is 0.0390 e. The Morgan fingerprint density at radius 2 is 2.21 bits per heavy atom. The van der Waals surface area contributed by atoms with Crippen molar-refractivity contribution in [1.82, 2.24) is 5.32 Å². The Labute approximate surface area is 85.7 Å². The summed E-state index contributed by atoms with van der Waals surface area (Å²) in [5.41, 5.74) is 4.24. The first-order chi connectivity index (χ1) is 6.77. The Bertz CT molecular complexity index is 318. The van der Waals surface area contributed by atoms with Crippen molar-refractivity contribution in [3.05, 3.63) is 29.3 Å². The monoisotopic (exact) mass is 190 g/mol. The Balaban J connectivity index is 2.30. The minimum Gasteiger partial charge on any atom is -0.383 e. The minimum absolute atomic E-state index is 0.503. The molecule has 0 amide bonds. The number of benzene rings is 1. The molecule has 76 valence electrons. The van der Waals surface area contributed by atoms with Gasteiger partial charge in [0.15, 0.2) is 0 Å². The van der Waals surface area contributed by atoms with Gasteiger partial charge in [0.1, 0.15) is 0 Å². The first-order valence-electron chi connectivity index (χ1n) is 5.35. The Hall–Kier alpha value is -1.02. The topological polar surface area (TPSA) is 24.1 Å². The molecule has 0 saturated heterocycles. The normalized spacial score (nSPS) is 15.4. The summed E-state index contributed by atoms with van der Waals surface area (Å²) in [6.07, 6.45) is 1.16. The molecule has 1 aliphatic rings. The first kappa shape index (κ1) is 9.53. The average molecular weight is 190 g/mol. The summed E-state index contributed by atoms with van der Waals surface area (Å²) in [7, 11) is 0. The second-order valence-electron chi connectivity index (χ2n) is 4.17. The summed E-state index contributed by atoms with van der Waals surface area (Å²) in [4.78, 5) is 0. The van der Waals surface area contributed by atoms with Crippen molar-refractivity contribution >= 4 is 5.69 Å². The van der Waals surface area contributed by atoms with Crippen LogP contribution in [0.4, 0.5) is 5.69 Å². The highest BCUT2D eigenvalue weighted by atomic mass is 14.9. The highest BCUT2D eigenvalue weighted by molar-refractivity contribution is 5.55. The standard InChI is InChI=1S/C12H18N2/c1-9(2)14-12-5-3-4-10-6-7-13-8-11(10)12/h3-5,9,13-14H,6-8H2,1-2H3. The summed E-state index contributed by atoms with van der Waals surface area (Å²) < 4.78 is 0. The van der Waals surface area contributed by atoms with Gasteiger partial charge in [-0.05, 0) is 44.0 Å². The fourth-order valence-corrected chi connectivity index (χ4v) is 1.96. The lowest BCUT2D eigenvalue weighted by atomic mass is 9.99. The molecule has 2 rings (SSSR count). The molecule has 0 aromatic heterocycles. The van der Waals surface area contributed by atoms with Gasteiger partial charge in [0.25, 0.3) is 0 Å². The molecular weight excluding hydrogens is 172 g/mol. The second kappa shape index (κ2) is 4.01. The van der Waals surface area contributed by atoms with E-state index in [1.165, 1.54) is 16.8 Å². The summed E-state index contributed by atoms with van der Waals surface area (Å²) >= 11 is 0. The number of rotatable bonds is 2. The second-order valence-corrected chi connectivity index (χ2v) is 4.17. The van der Waals surface area contributed by atoms with Crippen LogP contribution in [0, 0.1) is 0 Å². The molecule has 0 spiro atoms. The SMILES string of the molecule is CC(C)Nc1cccc2c1CNCC2. The number of nitrogens with one attached hydrogen (secondary N) is 2. The van der Waals surface area contributed by atoms with Crippen LogP contribution < -0.4 is 10.6 Å². The van der Waals surface area contributed by atoms with Crippen molar-refractivity contribution in [3.8, 4) is 0 Å². The fraction of sp³-hybridized carbons (Fsp3) is 0.500. The van der Waals surface area contributed by atoms with Gasteiger partial charge in [-0.25, -0.2) is 0 Å². The maximum absolute atomic E-state index is 3.49. The molecule has 1 heterocycles. The molecule has 0 atom stereocenters. The molecule has 1 aromatic rings. The van der Waals surface area contributed by atoms with E-state index in [-0.39, 0.29) is 0 Å². The van der Waals surface area contributed by atoms with Crippen molar-refractivity contribution < 1.29 is 0 Å². The zero-order valence-corrected chi connectivity index (χ0v) is 8.93. The van der Waals surface area contributed by atoms with Gasteiger partial charge in [-0.3, -0.25) is 0 Å². The number of hydrogen-bond donors (Lipinski definition) is 2. The number of hydrogen-bond acceptors (Lipinski definition) is 2. The van der Waals surface area contributed by atoms with Crippen LogP contribution >= 0.6 is 0 Å². The summed E-state index contributed by atoms with van der Waals surface area (Å²) in [6, 6.07) is 7.06. The molecule has 1 aromatic carbocycles. The lowest BCUT2D eigenvalue weighted by molar-refractivity contribution is 0.644. The van der Waals surface area contributed by atoms with Crippen LogP contribution in [0.15, 0.2) is 18.2 Å². The van der Waals surface area contributed by atoms with Crippen LogP contribution in [0.5, 0.6) is 0 Å². The third-order valence-corrected chi connectivity index (χ3v) is 2.59. The molecule has 2 heteroatoms. The van der Waals surface area contributed by atoms with Crippen molar-refractivity contribution in [2.75, 3.05) is 11.9 Å². The van der Waals surface area contributed by atoms with E-state index in [9.17, 15) is 0 Å². The van der Waals surface area contributed by atoms with E-state index in [1.54, 1.807) is 0 Å². The molecule has 14 heavy (non-hydrogen) atoms. The Kier molecular flexibility index (Phi) is 2.73. The summed E-state index contributed by atoms with van der Waals surface area (Å²) in [6.45, 7) is 6.47. The molecule has 0 saturated carbocycles. The largest absolute Gasteiger partial charge is 0.383 e. The number of anilines is 1. The predicted molar refractivity (Wildman–Crippen MR) is 60.6 cm³/mol. The number of fused-ring (bicyclic) bond motifs is 1. The van der Waals surface area contributed by atoms with Crippen molar-refractivity contribution in [2.24, 2.45) is 0 Å². The highest BCUT2D eigenvalue weighted by Gasteiger charge is 2.12. The molecule has 0 fully saturated rings. The van der Waals surface area contributed by atoms with Crippen molar-refractivity contribution in [2.45, 2.75) is 32.9 Å². The molecule has 2 N–H and O–H groups in total. The minimum atomic E-state index is 0.503. The van der Waals surface area contributed by atoms with Crippen LogP contribution in [0.3, 0.4) is 0 Å². The van der Waals surface area contributed by atoms with Gasteiger partial charge in [-0.15, -0.1) is 0 Å².